The van der Waals surface area contributed by atoms with Crippen molar-refractivity contribution in [3.8, 4) is 0 Å². The van der Waals surface area contributed by atoms with Crippen molar-refractivity contribution < 1.29 is 4.74 Å². The van der Waals surface area contributed by atoms with E-state index in [-0.39, 0.29) is 0 Å². The first kappa shape index (κ1) is 9.88. The lowest BCUT2D eigenvalue weighted by molar-refractivity contribution is 0.153. The van der Waals surface area contributed by atoms with Crippen molar-refractivity contribution in [2.45, 2.75) is 44.8 Å². The number of aryl methyl sites for hydroxylation is 1. The Hall–Kier alpha value is -1.31. The van der Waals surface area contributed by atoms with Crippen molar-refractivity contribution in [2.75, 3.05) is 0 Å². The number of fused-ring (bicyclic) bond motifs is 1. The molecular formula is C14H17NO. The molecule has 1 aromatic rings. The molecule has 0 saturated heterocycles. The maximum Gasteiger partial charge on any atom is 0.216 e. The zero-order valence-electron chi connectivity index (χ0n) is 9.65. The van der Waals surface area contributed by atoms with Gasteiger partial charge in [0.25, 0.3) is 0 Å². The standard InChI is InChI=1S/C14H17NO/c1-10-6-8-11(9-7-10)14-15-12-4-2-3-5-13(12)16-14/h6-9,12-13H,2-5H2,1H3. The summed E-state index contributed by atoms with van der Waals surface area (Å²) in [6.07, 6.45) is 5.31. The largest absolute Gasteiger partial charge is 0.472 e. The van der Waals surface area contributed by atoms with Gasteiger partial charge in [0.2, 0.25) is 5.90 Å². The first-order chi connectivity index (χ1) is 7.83. The minimum atomic E-state index is 0.352. The minimum Gasteiger partial charge on any atom is -0.472 e. The Labute approximate surface area is 96.3 Å². The minimum absolute atomic E-state index is 0.352. The molecule has 1 heterocycles. The summed E-state index contributed by atoms with van der Waals surface area (Å²) < 4.78 is 5.94. The normalized spacial score (nSPS) is 28.2. The van der Waals surface area contributed by atoms with E-state index in [1.807, 2.05) is 0 Å². The predicted octanol–water partition coefficient (Wildman–Crippen LogP) is 3.08. The molecule has 3 rings (SSSR count). The monoisotopic (exact) mass is 215 g/mol. The van der Waals surface area contributed by atoms with Crippen LogP contribution in [0.2, 0.25) is 0 Å². The van der Waals surface area contributed by atoms with Crippen LogP contribution < -0.4 is 0 Å². The average molecular weight is 215 g/mol. The lowest BCUT2D eigenvalue weighted by Crippen LogP contribution is -2.26. The third-order valence-corrected chi connectivity index (χ3v) is 3.51. The second-order valence-electron chi connectivity index (χ2n) is 4.81. The van der Waals surface area contributed by atoms with Crippen LogP contribution in [0, 0.1) is 6.92 Å². The fraction of sp³-hybridized carbons (Fsp3) is 0.500. The molecule has 0 N–H and O–H groups in total. The fourth-order valence-corrected chi connectivity index (χ4v) is 2.53. The number of benzene rings is 1. The van der Waals surface area contributed by atoms with Crippen LogP contribution >= 0.6 is 0 Å². The van der Waals surface area contributed by atoms with Crippen molar-refractivity contribution in [3.63, 3.8) is 0 Å². The Morgan fingerprint density at radius 3 is 2.62 bits per heavy atom. The molecule has 2 heteroatoms. The molecule has 84 valence electrons. The SMILES string of the molecule is Cc1ccc(C2=NC3CCCCC3O2)cc1. The van der Waals surface area contributed by atoms with Gasteiger partial charge in [0.05, 0.1) is 6.04 Å². The Balaban J connectivity index is 1.83. The number of ether oxygens (including phenoxy) is 1. The van der Waals surface area contributed by atoms with Crippen molar-refractivity contribution in [1.29, 1.82) is 0 Å². The number of hydrogen-bond acceptors (Lipinski definition) is 2. The number of rotatable bonds is 1. The second-order valence-corrected chi connectivity index (χ2v) is 4.81. The fourth-order valence-electron chi connectivity index (χ4n) is 2.53. The summed E-state index contributed by atoms with van der Waals surface area (Å²) >= 11 is 0. The summed E-state index contributed by atoms with van der Waals surface area (Å²) in [5.74, 6) is 0.858. The molecule has 1 saturated carbocycles. The van der Waals surface area contributed by atoms with Crippen molar-refractivity contribution >= 4 is 5.90 Å². The van der Waals surface area contributed by atoms with E-state index in [0.29, 0.717) is 12.1 Å². The number of nitrogens with zero attached hydrogens (tertiary/aromatic N) is 1. The van der Waals surface area contributed by atoms with E-state index in [4.69, 9.17) is 9.73 Å². The van der Waals surface area contributed by atoms with E-state index in [9.17, 15) is 0 Å². The second kappa shape index (κ2) is 3.93. The van der Waals surface area contributed by atoms with Crippen LogP contribution in [0.15, 0.2) is 29.3 Å². The van der Waals surface area contributed by atoms with E-state index in [1.54, 1.807) is 0 Å². The summed E-state index contributed by atoms with van der Waals surface area (Å²) in [7, 11) is 0. The Bertz CT molecular complexity index is 407. The molecule has 0 spiro atoms. The zero-order chi connectivity index (χ0) is 11.0. The van der Waals surface area contributed by atoms with Gasteiger partial charge in [-0.2, -0.15) is 0 Å². The van der Waals surface area contributed by atoms with Crippen LogP contribution in [0.5, 0.6) is 0 Å². The van der Waals surface area contributed by atoms with Crippen LogP contribution in [-0.4, -0.2) is 18.0 Å². The van der Waals surface area contributed by atoms with Crippen LogP contribution in [-0.2, 0) is 4.74 Å². The molecule has 2 nitrogen and oxygen atoms in total. The van der Waals surface area contributed by atoms with Crippen LogP contribution in [0.3, 0.4) is 0 Å². The van der Waals surface area contributed by atoms with Crippen LogP contribution in [0.4, 0.5) is 0 Å². The smallest absolute Gasteiger partial charge is 0.216 e. The Morgan fingerprint density at radius 2 is 1.88 bits per heavy atom. The zero-order valence-corrected chi connectivity index (χ0v) is 9.65. The third-order valence-electron chi connectivity index (χ3n) is 3.51. The average Bonchev–Trinajstić information content (AvgIpc) is 2.73. The highest BCUT2D eigenvalue weighted by molar-refractivity contribution is 5.95. The molecule has 0 bridgehead atoms. The topological polar surface area (TPSA) is 21.6 Å². The first-order valence-electron chi connectivity index (χ1n) is 6.14. The van der Waals surface area contributed by atoms with Gasteiger partial charge in [-0.05, 0) is 38.3 Å². The Kier molecular flexibility index (Phi) is 2.43. The lowest BCUT2D eigenvalue weighted by atomic mass is 9.94. The van der Waals surface area contributed by atoms with Gasteiger partial charge in [-0.25, -0.2) is 4.99 Å². The van der Waals surface area contributed by atoms with E-state index in [2.05, 4.69) is 31.2 Å². The van der Waals surface area contributed by atoms with Gasteiger partial charge in [0.15, 0.2) is 0 Å². The van der Waals surface area contributed by atoms with Gasteiger partial charge in [-0.1, -0.05) is 24.1 Å². The van der Waals surface area contributed by atoms with Gasteiger partial charge >= 0.3 is 0 Å². The van der Waals surface area contributed by atoms with Gasteiger partial charge in [-0.15, -0.1) is 0 Å². The molecular weight excluding hydrogens is 198 g/mol. The van der Waals surface area contributed by atoms with E-state index < -0.39 is 0 Å². The molecule has 1 aliphatic carbocycles. The molecule has 1 aromatic carbocycles. The third kappa shape index (κ3) is 1.73. The highest BCUT2D eigenvalue weighted by Gasteiger charge is 2.33. The highest BCUT2D eigenvalue weighted by atomic mass is 16.5. The lowest BCUT2D eigenvalue weighted by Gasteiger charge is -2.21. The first-order valence-corrected chi connectivity index (χ1v) is 6.14. The van der Waals surface area contributed by atoms with Crippen molar-refractivity contribution in [2.24, 2.45) is 4.99 Å². The van der Waals surface area contributed by atoms with Crippen molar-refractivity contribution in [3.05, 3.63) is 35.4 Å². The quantitative estimate of drug-likeness (QED) is 0.705. The molecule has 0 radical (unpaired) electrons. The molecule has 1 fully saturated rings. The highest BCUT2D eigenvalue weighted by Crippen LogP contribution is 2.29. The van der Waals surface area contributed by atoms with Gasteiger partial charge in [0.1, 0.15) is 6.10 Å². The molecule has 0 aromatic heterocycles. The summed E-state index contributed by atoms with van der Waals surface area (Å²) in [5, 5.41) is 0. The molecule has 2 aliphatic rings. The molecule has 1 aliphatic heterocycles. The van der Waals surface area contributed by atoms with Gasteiger partial charge < -0.3 is 4.74 Å². The van der Waals surface area contributed by atoms with E-state index >= 15 is 0 Å². The summed E-state index contributed by atoms with van der Waals surface area (Å²) in [5.41, 5.74) is 2.40. The maximum atomic E-state index is 5.94. The van der Waals surface area contributed by atoms with E-state index in [1.165, 1.54) is 31.2 Å². The number of aliphatic imine (C=N–C) groups is 1. The molecule has 0 amide bonds. The maximum absolute atomic E-state index is 5.94. The Morgan fingerprint density at radius 1 is 1.12 bits per heavy atom. The van der Waals surface area contributed by atoms with Gasteiger partial charge in [-0.3, -0.25) is 0 Å². The summed E-state index contributed by atoms with van der Waals surface area (Å²) in [6, 6.07) is 8.86. The van der Waals surface area contributed by atoms with Gasteiger partial charge in [0, 0.05) is 5.56 Å². The molecule has 2 atom stereocenters. The number of hydrogen-bond donors (Lipinski definition) is 0. The summed E-state index contributed by atoms with van der Waals surface area (Å²) in [6.45, 7) is 2.10. The molecule has 16 heavy (non-hydrogen) atoms. The predicted molar refractivity (Wildman–Crippen MR) is 64.8 cm³/mol. The molecule has 2 unspecified atom stereocenters. The summed E-state index contributed by atoms with van der Waals surface area (Å²) in [4.78, 5) is 4.70. The van der Waals surface area contributed by atoms with E-state index in [0.717, 1.165) is 11.5 Å². The van der Waals surface area contributed by atoms with Crippen LogP contribution in [0.25, 0.3) is 0 Å². The van der Waals surface area contributed by atoms with Crippen LogP contribution in [0.1, 0.15) is 36.8 Å². The van der Waals surface area contributed by atoms with Crippen molar-refractivity contribution in [1.82, 2.24) is 0 Å².